The van der Waals surface area contributed by atoms with Crippen LogP contribution in [0.15, 0.2) is 42.6 Å². The van der Waals surface area contributed by atoms with Crippen molar-refractivity contribution in [1.29, 1.82) is 0 Å². The summed E-state index contributed by atoms with van der Waals surface area (Å²) in [5.74, 6) is 0.814. The van der Waals surface area contributed by atoms with Gasteiger partial charge < -0.3 is 4.90 Å². The van der Waals surface area contributed by atoms with E-state index in [0.717, 1.165) is 18.1 Å². The highest BCUT2D eigenvalue weighted by Gasteiger charge is 2.08. The summed E-state index contributed by atoms with van der Waals surface area (Å²) in [6.45, 7) is 2.90. The molecule has 0 N–H and O–H groups in total. The zero-order valence-electron chi connectivity index (χ0n) is 8.97. The Kier molecular flexibility index (Phi) is 3.37. The number of hydrogen-bond acceptors (Lipinski definition) is 3. The van der Waals surface area contributed by atoms with E-state index in [9.17, 15) is 0 Å². The minimum Gasteiger partial charge on any atom is -0.327 e. The van der Waals surface area contributed by atoms with E-state index in [1.807, 2.05) is 36.4 Å². The van der Waals surface area contributed by atoms with Crippen LogP contribution in [0.4, 0.5) is 11.5 Å². The zero-order valence-corrected chi connectivity index (χ0v) is 9.72. The van der Waals surface area contributed by atoms with Crippen molar-refractivity contribution in [2.45, 2.75) is 6.92 Å². The van der Waals surface area contributed by atoms with Crippen molar-refractivity contribution in [2.24, 2.45) is 0 Å². The third-order valence-electron chi connectivity index (χ3n) is 2.27. The number of para-hydroxylation sites is 1. The molecule has 0 aliphatic heterocycles. The molecule has 0 unspecified atom stereocenters. The van der Waals surface area contributed by atoms with E-state index < -0.39 is 0 Å². The zero-order chi connectivity index (χ0) is 11.4. The lowest BCUT2D eigenvalue weighted by Crippen LogP contribution is -2.17. The van der Waals surface area contributed by atoms with Crippen molar-refractivity contribution in [2.75, 3.05) is 11.4 Å². The second-order valence-electron chi connectivity index (χ2n) is 3.26. The molecular formula is C12H12ClN3. The predicted octanol–water partition coefficient (Wildman–Crippen LogP) is 3.29. The average Bonchev–Trinajstić information content (AvgIpc) is 2.31. The van der Waals surface area contributed by atoms with Crippen LogP contribution in [-0.4, -0.2) is 16.5 Å². The Labute approximate surface area is 99.7 Å². The Bertz CT molecular complexity index is 459. The number of aromatic nitrogens is 2. The third kappa shape index (κ3) is 2.31. The Morgan fingerprint density at radius 3 is 2.56 bits per heavy atom. The van der Waals surface area contributed by atoms with E-state index in [1.54, 1.807) is 6.20 Å². The molecule has 0 aliphatic rings. The molecule has 2 aromatic rings. The van der Waals surface area contributed by atoms with E-state index >= 15 is 0 Å². The first-order valence-electron chi connectivity index (χ1n) is 5.12. The van der Waals surface area contributed by atoms with Crippen molar-refractivity contribution in [3.8, 4) is 0 Å². The van der Waals surface area contributed by atoms with E-state index in [-0.39, 0.29) is 5.28 Å². The lowest BCUT2D eigenvalue weighted by atomic mass is 10.3. The summed E-state index contributed by atoms with van der Waals surface area (Å²) < 4.78 is 0. The van der Waals surface area contributed by atoms with Crippen LogP contribution in [-0.2, 0) is 0 Å². The van der Waals surface area contributed by atoms with E-state index in [1.165, 1.54) is 0 Å². The second-order valence-corrected chi connectivity index (χ2v) is 3.60. The highest BCUT2D eigenvalue weighted by atomic mass is 35.5. The van der Waals surface area contributed by atoms with Gasteiger partial charge in [0.2, 0.25) is 5.28 Å². The van der Waals surface area contributed by atoms with Gasteiger partial charge in [-0.2, -0.15) is 0 Å². The largest absolute Gasteiger partial charge is 0.327 e. The molecule has 0 amide bonds. The minimum absolute atomic E-state index is 0.270. The maximum Gasteiger partial charge on any atom is 0.224 e. The Balaban J connectivity index is 2.37. The van der Waals surface area contributed by atoms with Crippen LogP contribution >= 0.6 is 11.6 Å². The van der Waals surface area contributed by atoms with Gasteiger partial charge in [0.15, 0.2) is 0 Å². The molecule has 1 heterocycles. The number of anilines is 2. The van der Waals surface area contributed by atoms with Gasteiger partial charge in [-0.1, -0.05) is 18.2 Å². The van der Waals surface area contributed by atoms with Gasteiger partial charge in [-0.3, -0.25) is 0 Å². The van der Waals surface area contributed by atoms with E-state index in [4.69, 9.17) is 11.6 Å². The first-order chi connectivity index (χ1) is 7.81. The van der Waals surface area contributed by atoms with Crippen molar-refractivity contribution in [1.82, 2.24) is 9.97 Å². The van der Waals surface area contributed by atoms with Crippen LogP contribution in [0.3, 0.4) is 0 Å². The SMILES string of the molecule is CCN(c1ccccc1)c1ccnc(Cl)n1. The van der Waals surface area contributed by atoms with Crippen LogP contribution in [0.5, 0.6) is 0 Å². The van der Waals surface area contributed by atoms with Crippen molar-refractivity contribution >= 4 is 23.1 Å². The molecule has 2 rings (SSSR count). The summed E-state index contributed by atoms with van der Waals surface area (Å²) in [4.78, 5) is 10.2. The summed E-state index contributed by atoms with van der Waals surface area (Å²) in [5, 5.41) is 0.270. The van der Waals surface area contributed by atoms with Gasteiger partial charge in [-0.15, -0.1) is 0 Å². The second kappa shape index (κ2) is 4.94. The molecule has 0 bridgehead atoms. The summed E-state index contributed by atoms with van der Waals surface area (Å²) in [5.41, 5.74) is 1.10. The van der Waals surface area contributed by atoms with Crippen LogP contribution < -0.4 is 4.90 Å². The average molecular weight is 234 g/mol. The lowest BCUT2D eigenvalue weighted by molar-refractivity contribution is 0.976. The smallest absolute Gasteiger partial charge is 0.224 e. The van der Waals surface area contributed by atoms with Gasteiger partial charge in [0.05, 0.1) is 0 Å². The quantitative estimate of drug-likeness (QED) is 0.762. The van der Waals surface area contributed by atoms with Gasteiger partial charge >= 0.3 is 0 Å². The molecule has 0 saturated carbocycles. The first-order valence-corrected chi connectivity index (χ1v) is 5.50. The number of halogens is 1. The van der Waals surface area contributed by atoms with Gasteiger partial charge in [-0.05, 0) is 36.7 Å². The number of nitrogens with zero attached hydrogens (tertiary/aromatic N) is 3. The third-order valence-corrected chi connectivity index (χ3v) is 2.45. The van der Waals surface area contributed by atoms with E-state index in [0.29, 0.717) is 0 Å². The number of hydrogen-bond donors (Lipinski definition) is 0. The molecule has 1 aromatic heterocycles. The molecule has 0 saturated heterocycles. The first kappa shape index (κ1) is 10.9. The molecule has 1 aromatic carbocycles. The molecule has 16 heavy (non-hydrogen) atoms. The molecule has 0 aliphatic carbocycles. The summed E-state index contributed by atoms with van der Waals surface area (Å²) in [6, 6.07) is 11.9. The Morgan fingerprint density at radius 1 is 1.19 bits per heavy atom. The Morgan fingerprint density at radius 2 is 1.94 bits per heavy atom. The standard InChI is InChI=1S/C12H12ClN3/c1-2-16(10-6-4-3-5-7-10)11-8-9-14-12(13)15-11/h3-9H,2H2,1H3. The summed E-state index contributed by atoms with van der Waals surface area (Å²) in [6.07, 6.45) is 1.66. The topological polar surface area (TPSA) is 29.0 Å². The monoisotopic (exact) mass is 233 g/mol. The minimum atomic E-state index is 0.270. The highest BCUT2D eigenvalue weighted by molar-refractivity contribution is 6.28. The fourth-order valence-electron chi connectivity index (χ4n) is 1.56. The van der Waals surface area contributed by atoms with Crippen LogP contribution in [0.25, 0.3) is 0 Å². The maximum atomic E-state index is 5.78. The molecule has 0 fully saturated rings. The number of benzene rings is 1. The van der Waals surface area contributed by atoms with Gasteiger partial charge in [-0.25, -0.2) is 9.97 Å². The van der Waals surface area contributed by atoms with Crippen LogP contribution in [0.2, 0.25) is 5.28 Å². The van der Waals surface area contributed by atoms with Gasteiger partial charge in [0.1, 0.15) is 5.82 Å². The molecule has 0 atom stereocenters. The Hall–Kier alpha value is -1.61. The summed E-state index contributed by atoms with van der Waals surface area (Å²) >= 11 is 5.78. The molecule has 0 radical (unpaired) electrons. The molecular weight excluding hydrogens is 222 g/mol. The van der Waals surface area contributed by atoms with Crippen LogP contribution in [0, 0.1) is 0 Å². The maximum absolute atomic E-state index is 5.78. The van der Waals surface area contributed by atoms with Crippen LogP contribution in [0.1, 0.15) is 6.92 Å². The molecule has 0 spiro atoms. The lowest BCUT2D eigenvalue weighted by Gasteiger charge is -2.21. The predicted molar refractivity (Wildman–Crippen MR) is 66.2 cm³/mol. The normalized spacial score (nSPS) is 10.1. The fourth-order valence-corrected chi connectivity index (χ4v) is 1.70. The summed E-state index contributed by atoms with van der Waals surface area (Å²) in [7, 11) is 0. The van der Waals surface area contributed by atoms with Gasteiger partial charge in [0.25, 0.3) is 0 Å². The fraction of sp³-hybridized carbons (Fsp3) is 0.167. The van der Waals surface area contributed by atoms with Gasteiger partial charge in [0, 0.05) is 18.4 Å². The van der Waals surface area contributed by atoms with Crippen molar-refractivity contribution in [3.63, 3.8) is 0 Å². The number of rotatable bonds is 3. The molecule has 4 heteroatoms. The highest BCUT2D eigenvalue weighted by Crippen LogP contribution is 2.22. The van der Waals surface area contributed by atoms with Crippen molar-refractivity contribution in [3.05, 3.63) is 47.9 Å². The molecule has 82 valence electrons. The molecule has 3 nitrogen and oxygen atoms in total. The van der Waals surface area contributed by atoms with E-state index in [2.05, 4.69) is 21.8 Å². The van der Waals surface area contributed by atoms with Crippen molar-refractivity contribution < 1.29 is 0 Å².